The molecule has 1 aliphatic rings. The molecule has 1 aliphatic carbocycles. The van der Waals surface area contributed by atoms with Gasteiger partial charge in [0, 0.05) is 18.2 Å². The fraction of sp³-hybridized carbons (Fsp3) is 0.381. The summed E-state index contributed by atoms with van der Waals surface area (Å²) in [5.41, 5.74) is 2.09. The molecule has 7 heteroatoms. The van der Waals surface area contributed by atoms with Crippen molar-refractivity contribution in [2.45, 2.75) is 32.1 Å². The third-order valence-corrected chi connectivity index (χ3v) is 5.33. The first-order valence-electron chi connectivity index (χ1n) is 9.40. The smallest absolute Gasteiger partial charge is 0.316 e. The van der Waals surface area contributed by atoms with Gasteiger partial charge < -0.3 is 9.64 Å². The molecule has 0 radical (unpaired) electrons. The number of para-hydroxylation sites is 1. The first kappa shape index (κ1) is 20.1. The lowest BCUT2D eigenvalue weighted by Crippen LogP contribution is -2.33. The number of amides is 1. The van der Waals surface area contributed by atoms with E-state index < -0.39 is 10.5 Å². The lowest BCUT2D eigenvalue weighted by Gasteiger charge is -2.23. The zero-order valence-corrected chi connectivity index (χ0v) is 16.9. The highest BCUT2D eigenvalue weighted by atomic mass is 32.2. The number of nitrogens with zero attached hydrogens (tertiary/aromatic N) is 2. The van der Waals surface area contributed by atoms with Crippen LogP contribution in [0.15, 0.2) is 52.9 Å². The Kier molecular flexibility index (Phi) is 6.46. The van der Waals surface area contributed by atoms with E-state index in [1.165, 1.54) is 7.11 Å². The van der Waals surface area contributed by atoms with E-state index in [0.29, 0.717) is 12.3 Å². The molecule has 2 aromatic rings. The van der Waals surface area contributed by atoms with Crippen molar-refractivity contribution in [2.75, 3.05) is 18.6 Å². The number of carbonyl (C=O) groups is 1. The number of ether oxygens (including phenoxy) is 1. The van der Waals surface area contributed by atoms with Gasteiger partial charge in [-0.3, -0.25) is 4.79 Å². The van der Waals surface area contributed by atoms with Gasteiger partial charge in [0.05, 0.1) is 7.11 Å². The maximum Gasteiger partial charge on any atom is 0.316 e. The lowest BCUT2D eigenvalue weighted by molar-refractivity contribution is -0.119. The van der Waals surface area contributed by atoms with Crippen LogP contribution in [0, 0.1) is 5.92 Å². The molecule has 3 rings (SSSR count). The second-order valence-electron chi connectivity index (χ2n) is 6.87. The van der Waals surface area contributed by atoms with E-state index in [2.05, 4.69) is 11.3 Å². The molecule has 0 heterocycles. The summed E-state index contributed by atoms with van der Waals surface area (Å²) in [6, 6.07) is 15.0. The number of rotatable bonds is 8. The summed E-state index contributed by atoms with van der Waals surface area (Å²) in [6.07, 6.45) is 2.71. The van der Waals surface area contributed by atoms with Gasteiger partial charge in [-0.05, 0) is 48.6 Å². The molecule has 0 bridgehead atoms. The van der Waals surface area contributed by atoms with Crippen molar-refractivity contribution < 1.29 is 17.9 Å². The predicted octanol–water partition coefficient (Wildman–Crippen LogP) is 4.33. The van der Waals surface area contributed by atoms with Crippen LogP contribution in [0.1, 0.15) is 37.7 Å². The van der Waals surface area contributed by atoms with Gasteiger partial charge in [-0.15, -0.1) is 4.36 Å². The van der Waals surface area contributed by atoms with Gasteiger partial charge in [0.25, 0.3) is 0 Å². The molecule has 0 N–H and O–H groups in total. The molecule has 148 valence electrons. The van der Waals surface area contributed by atoms with Crippen LogP contribution in [0.4, 0.5) is 11.4 Å². The SMILES string of the molecule is CCCCN(C(=O)C1CC1c1ccc(OC)c(N=S(=O)=O)c1)c1ccccc1. The van der Waals surface area contributed by atoms with Crippen LogP contribution < -0.4 is 9.64 Å². The summed E-state index contributed by atoms with van der Waals surface area (Å²) in [5, 5.41) is 0. The molecule has 1 amide bonds. The number of unbranched alkanes of at least 4 members (excludes halogenated alkanes) is 1. The van der Waals surface area contributed by atoms with Crippen LogP contribution >= 0.6 is 0 Å². The molecule has 0 saturated heterocycles. The maximum atomic E-state index is 13.2. The Morgan fingerprint density at radius 3 is 2.61 bits per heavy atom. The van der Waals surface area contributed by atoms with Crippen LogP contribution in [0.25, 0.3) is 0 Å². The fourth-order valence-corrected chi connectivity index (χ4v) is 3.72. The highest BCUT2D eigenvalue weighted by Crippen LogP contribution is 2.50. The van der Waals surface area contributed by atoms with E-state index in [1.54, 1.807) is 12.1 Å². The quantitative estimate of drug-likeness (QED) is 0.661. The zero-order chi connectivity index (χ0) is 20.1. The van der Waals surface area contributed by atoms with Crippen molar-refractivity contribution in [1.29, 1.82) is 0 Å². The number of anilines is 1. The van der Waals surface area contributed by atoms with E-state index >= 15 is 0 Å². The minimum atomic E-state index is -2.56. The number of hydrogen-bond acceptors (Lipinski definition) is 5. The van der Waals surface area contributed by atoms with Crippen LogP contribution in [-0.2, 0) is 15.3 Å². The average molecular weight is 401 g/mol. The molecular formula is C21H24N2O4S. The molecule has 6 nitrogen and oxygen atoms in total. The normalized spacial score (nSPS) is 17.6. The van der Waals surface area contributed by atoms with E-state index in [9.17, 15) is 13.2 Å². The van der Waals surface area contributed by atoms with Crippen LogP contribution in [-0.4, -0.2) is 28.0 Å². The molecule has 2 atom stereocenters. The van der Waals surface area contributed by atoms with E-state index in [0.717, 1.165) is 30.5 Å². The van der Waals surface area contributed by atoms with E-state index in [4.69, 9.17) is 4.74 Å². The Hall–Kier alpha value is -2.67. The Morgan fingerprint density at radius 2 is 1.96 bits per heavy atom. The summed E-state index contributed by atoms with van der Waals surface area (Å²) in [4.78, 5) is 15.0. The third-order valence-electron chi connectivity index (χ3n) is 4.98. The van der Waals surface area contributed by atoms with Crippen molar-refractivity contribution in [2.24, 2.45) is 10.3 Å². The van der Waals surface area contributed by atoms with Crippen molar-refractivity contribution in [3.8, 4) is 5.75 Å². The van der Waals surface area contributed by atoms with Crippen molar-refractivity contribution in [1.82, 2.24) is 0 Å². The third kappa shape index (κ3) is 4.59. The summed E-state index contributed by atoms with van der Waals surface area (Å²) in [6.45, 7) is 2.80. The van der Waals surface area contributed by atoms with Crippen LogP contribution in [0.3, 0.4) is 0 Å². The number of carbonyl (C=O) groups excluding carboxylic acids is 1. The zero-order valence-electron chi connectivity index (χ0n) is 16.0. The van der Waals surface area contributed by atoms with E-state index in [1.807, 2.05) is 41.3 Å². The standard InChI is InChI=1S/C21H24N2O4S/c1-3-4-12-23(16-8-6-5-7-9-16)21(24)18-14-17(18)15-10-11-20(27-2)19(13-15)22-28(25)26/h5-11,13,17-18H,3-4,12,14H2,1-2H3. The topological polar surface area (TPSA) is 76.0 Å². The van der Waals surface area contributed by atoms with Gasteiger partial charge in [0.1, 0.15) is 11.4 Å². The predicted molar refractivity (Wildman–Crippen MR) is 109 cm³/mol. The monoisotopic (exact) mass is 400 g/mol. The fourth-order valence-electron chi connectivity index (χ4n) is 3.42. The minimum absolute atomic E-state index is 0.0697. The second kappa shape index (κ2) is 9.01. The highest BCUT2D eigenvalue weighted by Gasteiger charge is 2.46. The summed E-state index contributed by atoms with van der Waals surface area (Å²) < 4.78 is 30.7. The van der Waals surface area contributed by atoms with Gasteiger partial charge in [0.2, 0.25) is 5.91 Å². The van der Waals surface area contributed by atoms with Gasteiger partial charge in [0.15, 0.2) is 0 Å². The lowest BCUT2D eigenvalue weighted by atomic mass is 10.1. The molecule has 2 aromatic carbocycles. The number of hydrogen-bond donors (Lipinski definition) is 0. The summed E-state index contributed by atoms with van der Waals surface area (Å²) >= 11 is 0. The minimum Gasteiger partial charge on any atom is -0.494 e. The maximum absolute atomic E-state index is 13.2. The average Bonchev–Trinajstić information content (AvgIpc) is 3.49. The molecule has 2 unspecified atom stereocenters. The first-order valence-corrected chi connectivity index (χ1v) is 10.4. The van der Waals surface area contributed by atoms with E-state index in [-0.39, 0.29) is 23.4 Å². The van der Waals surface area contributed by atoms with Crippen LogP contribution in [0.5, 0.6) is 5.75 Å². The molecule has 0 aromatic heterocycles. The van der Waals surface area contributed by atoms with Crippen molar-refractivity contribution in [3.05, 3.63) is 54.1 Å². The van der Waals surface area contributed by atoms with Gasteiger partial charge >= 0.3 is 10.5 Å². The first-order chi connectivity index (χ1) is 13.5. The Labute approximate surface area is 166 Å². The van der Waals surface area contributed by atoms with Gasteiger partial charge in [-0.25, -0.2) is 0 Å². The molecule has 0 aliphatic heterocycles. The largest absolute Gasteiger partial charge is 0.494 e. The number of methoxy groups -OCH3 is 1. The summed E-state index contributed by atoms with van der Waals surface area (Å²) in [5.74, 6) is 0.480. The van der Waals surface area contributed by atoms with Gasteiger partial charge in [-0.1, -0.05) is 37.6 Å². The Bertz CT molecular complexity index is 965. The van der Waals surface area contributed by atoms with Gasteiger partial charge in [-0.2, -0.15) is 8.42 Å². The number of benzene rings is 2. The molecular weight excluding hydrogens is 376 g/mol. The molecule has 1 fully saturated rings. The van der Waals surface area contributed by atoms with Crippen molar-refractivity contribution >= 4 is 27.8 Å². The Balaban J connectivity index is 1.81. The van der Waals surface area contributed by atoms with Crippen LogP contribution in [0.2, 0.25) is 0 Å². The van der Waals surface area contributed by atoms with Crippen molar-refractivity contribution in [3.63, 3.8) is 0 Å². The molecule has 0 spiro atoms. The second-order valence-corrected chi connectivity index (χ2v) is 7.48. The molecule has 1 saturated carbocycles. The Morgan fingerprint density at radius 1 is 1.21 bits per heavy atom. The highest BCUT2D eigenvalue weighted by molar-refractivity contribution is 7.61. The molecule has 28 heavy (non-hydrogen) atoms. The summed E-state index contributed by atoms with van der Waals surface area (Å²) in [7, 11) is -1.09.